The van der Waals surface area contributed by atoms with Crippen molar-refractivity contribution in [2.24, 2.45) is 0 Å². The van der Waals surface area contributed by atoms with Gasteiger partial charge in [-0.05, 0) is 59.9 Å². The molecule has 1 aliphatic rings. The molecule has 45 heavy (non-hydrogen) atoms. The van der Waals surface area contributed by atoms with Crippen LogP contribution >= 0.6 is 11.6 Å². The number of aliphatic hydroxyl groups is 2. The Labute approximate surface area is 270 Å². The van der Waals surface area contributed by atoms with Gasteiger partial charge in [-0.3, -0.25) is 0 Å². The molecule has 1 unspecified atom stereocenters. The second kappa shape index (κ2) is 15.3. The monoisotopic (exact) mass is 632 g/mol. The number of ether oxygens (including phenoxy) is 5. The van der Waals surface area contributed by atoms with Crippen LogP contribution in [0.25, 0.3) is 0 Å². The average Bonchev–Trinajstić information content (AvgIpc) is 3.09. The first kappa shape index (κ1) is 33.1. The molecule has 8 heteroatoms. The van der Waals surface area contributed by atoms with E-state index in [0.29, 0.717) is 30.2 Å². The van der Waals surface area contributed by atoms with E-state index in [4.69, 9.17) is 35.3 Å². The molecule has 1 saturated heterocycles. The third-order valence-corrected chi connectivity index (χ3v) is 8.62. The first-order valence-corrected chi connectivity index (χ1v) is 15.6. The molecule has 238 valence electrons. The van der Waals surface area contributed by atoms with Crippen LogP contribution in [-0.4, -0.2) is 55.0 Å². The first-order chi connectivity index (χ1) is 21.9. The van der Waals surface area contributed by atoms with Crippen molar-refractivity contribution < 1.29 is 33.9 Å². The zero-order chi connectivity index (χ0) is 31.7. The average molecular weight is 633 g/mol. The Morgan fingerprint density at radius 1 is 0.800 bits per heavy atom. The van der Waals surface area contributed by atoms with Gasteiger partial charge in [0.25, 0.3) is 0 Å². The summed E-state index contributed by atoms with van der Waals surface area (Å²) in [6.45, 7) is 2.05. The van der Waals surface area contributed by atoms with Gasteiger partial charge in [-0.15, -0.1) is 0 Å². The van der Waals surface area contributed by atoms with E-state index < -0.39 is 36.8 Å². The molecule has 0 aromatic heterocycles. The minimum Gasteiger partial charge on any atom is -0.494 e. The summed E-state index contributed by atoms with van der Waals surface area (Å²) in [5.41, 5.74) is 3.02. The van der Waals surface area contributed by atoms with Gasteiger partial charge in [0.1, 0.15) is 17.5 Å². The molecule has 0 saturated carbocycles. The summed E-state index contributed by atoms with van der Waals surface area (Å²) < 4.78 is 31.4. The Kier molecular flexibility index (Phi) is 11.3. The van der Waals surface area contributed by atoms with E-state index in [1.165, 1.54) is 0 Å². The molecule has 1 heterocycles. The van der Waals surface area contributed by atoms with E-state index in [-0.39, 0.29) is 13.0 Å². The zero-order valence-electron chi connectivity index (χ0n) is 25.7. The molecule has 3 atom stereocenters. The molecule has 0 bridgehead atoms. The van der Waals surface area contributed by atoms with Gasteiger partial charge in [0, 0.05) is 24.1 Å². The van der Waals surface area contributed by atoms with Gasteiger partial charge in [-0.2, -0.15) is 0 Å². The lowest BCUT2D eigenvalue weighted by atomic mass is 9.82. The van der Waals surface area contributed by atoms with Gasteiger partial charge in [0.05, 0.1) is 39.1 Å². The van der Waals surface area contributed by atoms with E-state index in [1.54, 1.807) is 7.11 Å². The second-order valence-corrected chi connectivity index (χ2v) is 11.7. The highest BCUT2D eigenvalue weighted by Gasteiger charge is 2.58. The number of methoxy groups -OCH3 is 1. The summed E-state index contributed by atoms with van der Waals surface area (Å²) in [5, 5.41) is 22.3. The number of benzene rings is 4. The molecule has 5 rings (SSSR count). The number of aliphatic hydroxyl groups excluding tert-OH is 2. The van der Waals surface area contributed by atoms with Crippen LogP contribution in [0, 0.1) is 0 Å². The molecule has 1 aliphatic heterocycles. The molecule has 0 amide bonds. The Hall–Kier alpha value is -3.27. The number of hydrogen-bond acceptors (Lipinski definition) is 7. The van der Waals surface area contributed by atoms with Crippen molar-refractivity contribution in [2.45, 2.75) is 56.6 Å². The first-order valence-electron chi connectivity index (χ1n) is 15.2. The molecular formula is C37H41ClO7. The number of rotatable bonds is 14. The summed E-state index contributed by atoms with van der Waals surface area (Å²) in [6.07, 6.45) is -0.620. The highest BCUT2D eigenvalue weighted by atomic mass is 35.5. The van der Waals surface area contributed by atoms with Crippen LogP contribution in [0.2, 0.25) is 5.02 Å². The lowest BCUT2D eigenvalue weighted by Crippen LogP contribution is -2.66. The molecule has 0 aliphatic carbocycles. The summed E-state index contributed by atoms with van der Waals surface area (Å²) in [5.74, 6) is -0.567. The fraction of sp³-hybridized carbons (Fsp3) is 0.351. The van der Waals surface area contributed by atoms with E-state index in [1.807, 2.05) is 110 Å². The van der Waals surface area contributed by atoms with Crippen LogP contribution < -0.4 is 4.74 Å². The van der Waals surface area contributed by atoms with Crippen LogP contribution in [0.1, 0.15) is 41.2 Å². The maximum absolute atomic E-state index is 10.8. The minimum atomic E-state index is -1.54. The van der Waals surface area contributed by atoms with Crippen molar-refractivity contribution in [3.63, 3.8) is 0 Å². The molecule has 4 aromatic carbocycles. The summed E-state index contributed by atoms with van der Waals surface area (Å²) >= 11 is 6.70. The molecule has 7 nitrogen and oxygen atoms in total. The van der Waals surface area contributed by atoms with Gasteiger partial charge in [0.2, 0.25) is 0 Å². The van der Waals surface area contributed by atoms with E-state index in [2.05, 4.69) is 0 Å². The highest BCUT2D eigenvalue weighted by molar-refractivity contribution is 6.31. The number of halogens is 1. The summed E-state index contributed by atoms with van der Waals surface area (Å²) in [7, 11) is 1.56. The Morgan fingerprint density at radius 2 is 1.42 bits per heavy atom. The fourth-order valence-electron chi connectivity index (χ4n) is 5.83. The van der Waals surface area contributed by atoms with Gasteiger partial charge < -0.3 is 33.9 Å². The second-order valence-electron chi connectivity index (χ2n) is 11.3. The number of hydrogen-bond donors (Lipinski definition) is 2. The predicted octanol–water partition coefficient (Wildman–Crippen LogP) is 6.44. The molecule has 0 spiro atoms. The molecule has 2 N–H and O–H groups in total. The molecular weight excluding hydrogens is 592 g/mol. The lowest BCUT2D eigenvalue weighted by molar-refractivity contribution is -0.377. The Morgan fingerprint density at radius 3 is 2.00 bits per heavy atom. The lowest BCUT2D eigenvalue weighted by Gasteiger charge is -2.53. The largest absolute Gasteiger partial charge is 0.494 e. The van der Waals surface area contributed by atoms with Gasteiger partial charge in [0.15, 0.2) is 5.79 Å². The highest BCUT2D eigenvalue weighted by Crippen LogP contribution is 2.46. The maximum atomic E-state index is 10.8. The van der Waals surface area contributed by atoms with Gasteiger partial charge >= 0.3 is 0 Å². The molecule has 0 radical (unpaired) electrons. The van der Waals surface area contributed by atoms with Crippen molar-refractivity contribution in [3.8, 4) is 5.75 Å². The Bertz CT molecular complexity index is 1480. The normalized spacial score (nSPS) is 21.0. The van der Waals surface area contributed by atoms with Crippen molar-refractivity contribution >= 4 is 11.6 Å². The maximum Gasteiger partial charge on any atom is 0.198 e. The van der Waals surface area contributed by atoms with E-state index in [0.717, 1.165) is 28.0 Å². The van der Waals surface area contributed by atoms with Crippen molar-refractivity contribution in [1.82, 2.24) is 0 Å². The summed E-state index contributed by atoms with van der Waals surface area (Å²) in [4.78, 5) is 0. The fourth-order valence-corrected chi connectivity index (χ4v) is 6.02. The van der Waals surface area contributed by atoms with Crippen molar-refractivity contribution in [2.75, 3.05) is 26.9 Å². The van der Waals surface area contributed by atoms with Crippen LogP contribution in [0.3, 0.4) is 0 Å². The zero-order valence-corrected chi connectivity index (χ0v) is 26.5. The van der Waals surface area contributed by atoms with E-state index >= 15 is 0 Å². The van der Waals surface area contributed by atoms with Crippen LogP contribution in [0.5, 0.6) is 5.75 Å². The predicted molar refractivity (Wildman–Crippen MR) is 173 cm³/mol. The SMILES string of the molecule is CCOc1ccc(Cc2cc([C@@]3(OC)C[C@@H](OCc4ccccc4)C(OCc4ccccc4)C(CO)(CO)O3)ccc2Cl)cc1. The Balaban J connectivity index is 1.48. The molecule has 4 aromatic rings. The van der Waals surface area contributed by atoms with Gasteiger partial charge in [-0.1, -0.05) is 90.5 Å². The van der Waals surface area contributed by atoms with Crippen LogP contribution in [-0.2, 0) is 44.4 Å². The quantitative estimate of drug-likeness (QED) is 0.165. The third kappa shape index (κ3) is 7.76. The van der Waals surface area contributed by atoms with Crippen LogP contribution in [0.4, 0.5) is 0 Å². The summed E-state index contributed by atoms with van der Waals surface area (Å²) in [6, 6.07) is 33.1. The molecule has 1 fully saturated rings. The van der Waals surface area contributed by atoms with Crippen molar-refractivity contribution in [1.29, 1.82) is 0 Å². The standard InChI is InChI=1S/C37H41ClO7/c1-3-42-32-17-14-27(15-18-32)20-30-21-31(16-19-33(30)38)37(41-2)22-34(43-23-28-10-6-4-7-11-28)35(36(25-39,26-40)45-37)44-24-29-12-8-5-9-13-29/h4-19,21,34-35,39-40H,3,20,22-26H2,1-2H3/t34-,35?,37-/m1/s1. The minimum absolute atomic E-state index is 0.238. The topological polar surface area (TPSA) is 86.6 Å². The van der Waals surface area contributed by atoms with Crippen LogP contribution in [0.15, 0.2) is 103 Å². The smallest absolute Gasteiger partial charge is 0.198 e. The van der Waals surface area contributed by atoms with Gasteiger partial charge in [-0.25, -0.2) is 0 Å². The van der Waals surface area contributed by atoms with E-state index in [9.17, 15) is 10.2 Å². The van der Waals surface area contributed by atoms with Crippen molar-refractivity contribution in [3.05, 3.63) is 136 Å². The third-order valence-electron chi connectivity index (χ3n) is 8.25.